The molecule has 0 radical (unpaired) electrons. The van der Waals surface area contributed by atoms with Crippen LogP contribution in [0.1, 0.15) is 16.8 Å². The lowest BCUT2D eigenvalue weighted by molar-refractivity contribution is 0.133. The van der Waals surface area contributed by atoms with Crippen molar-refractivity contribution in [3.8, 4) is 17.0 Å². The fraction of sp³-hybridized carbons (Fsp3) is 0.214. The van der Waals surface area contributed by atoms with Crippen LogP contribution in [-0.2, 0) is 18.0 Å². The number of aromatic nitrogens is 1. The van der Waals surface area contributed by atoms with Gasteiger partial charge in [0.2, 0.25) is 0 Å². The molecular formula is C14H14ClNO2. The third-order valence-electron chi connectivity index (χ3n) is 3.10. The van der Waals surface area contributed by atoms with Crippen LogP contribution in [0.25, 0.3) is 11.3 Å². The molecule has 1 aromatic heterocycles. The number of nitrogens with zero attached hydrogens (tertiary/aromatic N) is 1. The lowest BCUT2D eigenvalue weighted by Crippen LogP contribution is -1.96. The zero-order valence-corrected chi connectivity index (χ0v) is 10.8. The van der Waals surface area contributed by atoms with Crippen LogP contribution in [0, 0.1) is 6.92 Å². The van der Waals surface area contributed by atoms with E-state index in [1.165, 1.54) is 0 Å². The topological polar surface area (TPSA) is 42.4 Å². The maximum Gasteiger partial charge on any atom is 0.142 e. The quantitative estimate of drug-likeness (QED) is 0.859. The van der Waals surface area contributed by atoms with Gasteiger partial charge < -0.3 is 9.84 Å². The standard InChI is InChI=1S/C14H13NO2.ClH/c1-9-14(16)12-8-17-7-11(12)13(15-9)10-5-3-2-4-6-10;/h2-6,16H,7-8H2,1H3;1H. The Morgan fingerprint density at radius 3 is 2.50 bits per heavy atom. The number of benzene rings is 1. The van der Waals surface area contributed by atoms with E-state index < -0.39 is 0 Å². The second-order valence-electron chi connectivity index (χ2n) is 4.21. The van der Waals surface area contributed by atoms with Crippen molar-refractivity contribution in [3.63, 3.8) is 0 Å². The van der Waals surface area contributed by atoms with E-state index in [9.17, 15) is 5.11 Å². The minimum absolute atomic E-state index is 0. The first-order valence-corrected chi connectivity index (χ1v) is 5.62. The number of hydrogen-bond acceptors (Lipinski definition) is 3. The van der Waals surface area contributed by atoms with Gasteiger partial charge in [-0.15, -0.1) is 12.4 Å². The molecule has 1 aliphatic heterocycles. The lowest BCUT2D eigenvalue weighted by atomic mass is 10.0. The summed E-state index contributed by atoms with van der Waals surface area (Å²) in [5, 5.41) is 9.95. The van der Waals surface area contributed by atoms with Crippen LogP contribution in [0.15, 0.2) is 30.3 Å². The molecule has 1 aromatic carbocycles. The fourth-order valence-electron chi connectivity index (χ4n) is 2.19. The predicted molar refractivity (Wildman–Crippen MR) is 71.8 cm³/mol. The molecule has 0 atom stereocenters. The highest BCUT2D eigenvalue weighted by Crippen LogP contribution is 2.36. The average molecular weight is 264 g/mol. The van der Waals surface area contributed by atoms with Crippen LogP contribution in [0.4, 0.5) is 0 Å². The predicted octanol–water partition coefficient (Wildman–Crippen LogP) is 3.21. The number of halogens is 1. The summed E-state index contributed by atoms with van der Waals surface area (Å²) in [7, 11) is 0. The van der Waals surface area contributed by atoms with Gasteiger partial charge in [-0.2, -0.15) is 0 Å². The summed E-state index contributed by atoms with van der Waals surface area (Å²) in [6.07, 6.45) is 0. The molecule has 1 N–H and O–H groups in total. The second-order valence-corrected chi connectivity index (χ2v) is 4.21. The largest absolute Gasteiger partial charge is 0.506 e. The van der Waals surface area contributed by atoms with Gasteiger partial charge >= 0.3 is 0 Å². The molecule has 0 saturated heterocycles. The van der Waals surface area contributed by atoms with E-state index in [4.69, 9.17) is 4.74 Å². The highest BCUT2D eigenvalue weighted by Gasteiger charge is 2.22. The van der Waals surface area contributed by atoms with Crippen molar-refractivity contribution in [2.45, 2.75) is 20.1 Å². The minimum atomic E-state index is 0. The first-order valence-electron chi connectivity index (χ1n) is 5.62. The number of hydrogen-bond donors (Lipinski definition) is 1. The molecule has 0 bridgehead atoms. The molecule has 0 saturated carbocycles. The zero-order valence-electron chi connectivity index (χ0n) is 10.0. The van der Waals surface area contributed by atoms with Crippen molar-refractivity contribution in [2.24, 2.45) is 0 Å². The summed E-state index contributed by atoms with van der Waals surface area (Å²) >= 11 is 0. The van der Waals surface area contributed by atoms with Crippen LogP contribution in [0.5, 0.6) is 5.75 Å². The molecular weight excluding hydrogens is 250 g/mol. The molecule has 1 aliphatic rings. The Morgan fingerprint density at radius 2 is 1.78 bits per heavy atom. The SMILES string of the molecule is Cc1nc(-c2ccccc2)c2c(c1O)COC2.Cl. The van der Waals surface area contributed by atoms with Gasteiger partial charge in [0.15, 0.2) is 0 Å². The van der Waals surface area contributed by atoms with Crippen molar-refractivity contribution in [2.75, 3.05) is 0 Å². The molecule has 94 valence electrons. The number of pyridine rings is 1. The van der Waals surface area contributed by atoms with Crippen molar-refractivity contribution < 1.29 is 9.84 Å². The van der Waals surface area contributed by atoms with Gasteiger partial charge in [0.05, 0.1) is 24.6 Å². The van der Waals surface area contributed by atoms with E-state index in [1.807, 2.05) is 37.3 Å². The van der Waals surface area contributed by atoms with Gasteiger partial charge in [-0.3, -0.25) is 0 Å². The van der Waals surface area contributed by atoms with Gasteiger partial charge in [0.1, 0.15) is 5.75 Å². The molecule has 0 amide bonds. The van der Waals surface area contributed by atoms with E-state index in [0.29, 0.717) is 18.9 Å². The molecule has 3 rings (SSSR count). The lowest BCUT2D eigenvalue weighted by Gasteiger charge is -2.10. The van der Waals surface area contributed by atoms with E-state index in [-0.39, 0.29) is 18.2 Å². The van der Waals surface area contributed by atoms with Gasteiger partial charge in [-0.1, -0.05) is 30.3 Å². The molecule has 4 heteroatoms. The van der Waals surface area contributed by atoms with Gasteiger partial charge in [0.25, 0.3) is 0 Å². The average Bonchev–Trinajstić information content (AvgIpc) is 2.84. The van der Waals surface area contributed by atoms with Crippen molar-refractivity contribution in [3.05, 3.63) is 47.2 Å². The maximum atomic E-state index is 9.95. The van der Waals surface area contributed by atoms with Crippen LogP contribution in [0.2, 0.25) is 0 Å². The first kappa shape index (κ1) is 12.9. The summed E-state index contributed by atoms with van der Waals surface area (Å²) < 4.78 is 5.41. The van der Waals surface area contributed by atoms with Gasteiger partial charge in [0, 0.05) is 16.7 Å². The van der Waals surface area contributed by atoms with Crippen LogP contribution < -0.4 is 0 Å². The Hall–Kier alpha value is -1.58. The highest BCUT2D eigenvalue weighted by atomic mass is 35.5. The van der Waals surface area contributed by atoms with E-state index in [0.717, 1.165) is 22.4 Å². The third-order valence-corrected chi connectivity index (χ3v) is 3.10. The normalized spacial score (nSPS) is 12.9. The smallest absolute Gasteiger partial charge is 0.142 e. The van der Waals surface area contributed by atoms with E-state index in [2.05, 4.69) is 4.98 Å². The van der Waals surface area contributed by atoms with Crippen LogP contribution in [-0.4, -0.2) is 10.1 Å². The molecule has 3 nitrogen and oxygen atoms in total. The summed E-state index contributed by atoms with van der Waals surface area (Å²) in [5.41, 5.74) is 4.55. The number of fused-ring (bicyclic) bond motifs is 1. The van der Waals surface area contributed by atoms with Crippen LogP contribution in [0.3, 0.4) is 0 Å². The molecule has 0 unspecified atom stereocenters. The Morgan fingerprint density at radius 1 is 1.11 bits per heavy atom. The maximum absolute atomic E-state index is 9.95. The summed E-state index contributed by atoms with van der Waals surface area (Å²) in [4.78, 5) is 4.48. The van der Waals surface area contributed by atoms with Crippen molar-refractivity contribution >= 4 is 12.4 Å². The van der Waals surface area contributed by atoms with Crippen molar-refractivity contribution in [1.29, 1.82) is 0 Å². The van der Waals surface area contributed by atoms with Crippen LogP contribution >= 0.6 is 12.4 Å². The molecule has 2 aromatic rings. The molecule has 0 aliphatic carbocycles. The first-order chi connectivity index (χ1) is 8.27. The Bertz CT molecular complexity index is 570. The monoisotopic (exact) mass is 263 g/mol. The molecule has 0 spiro atoms. The number of ether oxygens (including phenoxy) is 1. The Labute approximate surface area is 112 Å². The number of aryl methyl sites for hydroxylation is 1. The number of rotatable bonds is 1. The fourth-order valence-corrected chi connectivity index (χ4v) is 2.19. The van der Waals surface area contributed by atoms with E-state index in [1.54, 1.807) is 0 Å². The highest BCUT2D eigenvalue weighted by molar-refractivity contribution is 5.85. The van der Waals surface area contributed by atoms with Crippen molar-refractivity contribution in [1.82, 2.24) is 4.98 Å². The second kappa shape index (κ2) is 4.96. The summed E-state index contributed by atoms with van der Waals surface area (Å²) in [6, 6.07) is 10.0. The van der Waals surface area contributed by atoms with E-state index >= 15 is 0 Å². The Kier molecular flexibility index (Phi) is 3.55. The van der Waals surface area contributed by atoms with Gasteiger partial charge in [-0.05, 0) is 6.92 Å². The third kappa shape index (κ3) is 1.96. The molecule has 2 heterocycles. The zero-order chi connectivity index (χ0) is 11.8. The number of aromatic hydroxyl groups is 1. The summed E-state index contributed by atoms with van der Waals surface area (Å²) in [5.74, 6) is 0.275. The molecule has 18 heavy (non-hydrogen) atoms. The Balaban J connectivity index is 0.00000120. The minimum Gasteiger partial charge on any atom is -0.506 e. The molecule has 0 fully saturated rings. The van der Waals surface area contributed by atoms with Gasteiger partial charge in [-0.25, -0.2) is 4.98 Å². The summed E-state index contributed by atoms with van der Waals surface area (Å²) in [6.45, 7) is 2.82.